The zero-order valence-corrected chi connectivity index (χ0v) is 21.7. The Hall–Kier alpha value is -3.00. The molecule has 0 spiro atoms. The lowest BCUT2D eigenvalue weighted by Gasteiger charge is -2.30. The number of alkyl halides is 3. The molecule has 200 valence electrons. The summed E-state index contributed by atoms with van der Waals surface area (Å²) in [7, 11) is 0. The van der Waals surface area contributed by atoms with E-state index in [0.29, 0.717) is 45.0 Å². The summed E-state index contributed by atoms with van der Waals surface area (Å²) >= 11 is 1.65. The number of aliphatic hydroxyl groups excluding tert-OH is 1. The number of aliphatic hydroxyl groups is 1. The summed E-state index contributed by atoms with van der Waals surface area (Å²) in [6, 6.07) is 8.46. The first kappa shape index (κ1) is 26.6. The Morgan fingerprint density at radius 2 is 1.87 bits per heavy atom. The number of carbonyl (C=O) groups excluding carboxylic acids is 1. The van der Waals surface area contributed by atoms with Crippen molar-refractivity contribution >= 4 is 40.4 Å². The zero-order chi connectivity index (χ0) is 26.7. The Morgan fingerprint density at radius 1 is 1.08 bits per heavy atom. The Labute approximate surface area is 225 Å². The molecule has 38 heavy (non-hydrogen) atoms. The number of rotatable bonds is 7. The number of halogens is 3. The highest BCUT2D eigenvalue weighted by Crippen LogP contribution is 2.38. The fraction of sp³-hybridized carbons (Fsp3) is 0.360. The van der Waals surface area contributed by atoms with E-state index in [4.69, 9.17) is 0 Å². The lowest BCUT2D eigenvalue weighted by atomic mass is 9.91. The van der Waals surface area contributed by atoms with Gasteiger partial charge in [-0.3, -0.25) is 9.78 Å². The minimum atomic E-state index is -4.36. The van der Waals surface area contributed by atoms with Crippen molar-refractivity contribution in [1.29, 1.82) is 0 Å². The lowest BCUT2D eigenvalue weighted by Crippen LogP contribution is -2.37. The summed E-state index contributed by atoms with van der Waals surface area (Å²) < 4.78 is 39.1. The summed E-state index contributed by atoms with van der Waals surface area (Å²) in [4.78, 5) is 24.9. The number of thioether (sulfide) groups is 1. The Morgan fingerprint density at radius 3 is 2.58 bits per heavy atom. The topological polar surface area (TPSA) is 112 Å². The molecule has 4 heterocycles. The fourth-order valence-electron chi connectivity index (χ4n) is 4.45. The van der Waals surface area contributed by atoms with Gasteiger partial charge in [-0.15, -0.1) is 11.3 Å². The number of thiophene rings is 1. The Balaban J connectivity index is 1.14. The van der Waals surface area contributed by atoms with Crippen molar-refractivity contribution in [2.45, 2.75) is 56.7 Å². The molecular formula is C25H25F3N6O2S2. The van der Waals surface area contributed by atoms with Crippen LogP contribution in [0.2, 0.25) is 0 Å². The summed E-state index contributed by atoms with van der Waals surface area (Å²) in [5.74, 6) is 0.488. The number of anilines is 1. The van der Waals surface area contributed by atoms with Crippen LogP contribution in [-0.2, 0) is 12.7 Å². The maximum absolute atomic E-state index is 13.0. The normalized spacial score (nSPS) is 23.0. The fourth-order valence-corrected chi connectivity index (χ4v) is 6.09. The van der Waals surface area contributed by atoms with Crippen molar-refractivity contribution < 1.29 is 23.1 Å². The van der Waals surface area contributed by atoms with Crippen LogP contribution < -0.4 is 16.0 Å². The van der Waals surface area contributed by atoms with E-state index in [0.717, 1.165) is 49.1 Å². The third-order valence-electron chi connectivity index (χ3n) is 6.35. The number of hydrogen-bond acceptors (Lipinski definition) is 9. The van der Waals surface area contributed by atoms with Crippen LogP contribution in [0.3, 0.4) is 0 Å². The van der Waals surface area contributed by atoms with Crippen molar-refractivity contribution in [2.75, 3.05) is 5.32 Å². The van der Waals surface area contributed by atoms with Gasteiger partial charge in [0.25, 0.3) is 5.24 Å². The van der Waals surface area contributed by atoms with Crippen LogP contribution in [0, 0.1) is 0 Å². The molecule has 8 nitrogen and oxygen atoms in total. The second-order valence-corrected chi connectivity index (χ2v) is 11.2. The number of nitrogens with zero attached hydrogens (tertiary/aromatic N) is 3. The Bertz CT molecular complexity index is 1320. The van der Waals surface area contributed by atoms with Crippen LogP contribution >= 0.6 is 23.1 Å². The minimum Gasteiger partial charge on any atom is -0.369 e. The van der Waals surface area contributed by atoms with Gasteiger partial charge in [-0.25, -0.2) is 9.97 Å². The molecule has 1 aliphatic carbocycles. The molecule has 0 bridgehead atoms. The number of aromatic nitrogens is 3. The van der Waals surface area contributed by atoms with Gasteiger partial charge < -0.3 is 21.1 Å². The molecule has 1 saturated heterocycles. The van der Waals surface area contributed by atoms with Crippen LogP contribution in [0.1, 0.15) is 41.8 Å². The van der Waals surface area contributed by atoms with Gasteiger partial charge in [0.1, 0.15) is 4.88 Å². The molecule has 2 fully saturated rings. The Kier molecular flexibility index (Phi) is 7.98. The SMILES string of the molecule is O=C1NC(O)/C(=C/c2ccnc(N[C@H]3CC[C@H](NCc4cccnc4-c4ccc(C(F)(F)F)s4)CC3)n2)S1. The summed E-state index contributed by atoms with van der Waals surface area (Å²) in [6.07, 6.45) is 3.16. The summed E-state index contributed by atoms with van der Waals surface area (Å²) in [5, 5.41) is 18.9. The van der Waals surface area contributed by atoms with Gasteiger partial charge in [-0.1, -0.05) is 6.07 Å². The van der Waals surface area contributed by atoms with Crippen molar-refractivity contribution in [1.82, 2.24) is 25.6 Å². The quantitative estimate of drug-likeness (QED) is 0.309. The molecule has 1 amide bonds. The highest BCUT2D eigenvalue weighted by atomic mass is 32.2. The highest BCUT2D eigenvalue weighted by Gasteiger charge is 2.33. The van der Waals surface area contributed by atoms with E-state index in [1.807, 2.05) is 6.07 Å². The molecule has 4 N–H and O–H groups in total. The van der Waals surface area contributed by atoms with Crippen molar-refractivity contribution in [3.8, 4) is 10.6 Å². The average molecular weight is 563 g/mol. The summed E-state index contributed by atoms with van der Waals surface area (Å²) in [5.41, 5.74) is 2.04. The third kappa shape index (κ3) is 6.52. The van der Waals surface area contributed by atoms with Gasteiger partial charge >= 0.3 is 6.18 Å². The number of nitrogens with one attached hydrogen (secondary N) is 3. The highest BCUT2D eigenvalue weighted by molar-refractivity contribution is 8.17. The third-order valence-corrected chi connectivity index (χ3v) is 8.37. The van der Waals surface area contributed by atoms with Gasteiger partial charge in [-0.2, -0.15) is 13.2 Å². The van der Waals surface area contributed by atoms with Crippen molar-refractivity contribution in [3.63, 3.8) is 0 Å². The largest absolute Gasteiger partial charge is 0.425 e. The number of amides is 1. The van der Waals surface area contributed by atoms with Gasteiger partial charge in [0.15, 0.2) is 6.23 Å². The second-order valence-electron chi connectivity index (χ2n) is 9.03. The molecule has 0 aromatic carbocycles. The van der Waals surface area contributed by atoms with Crippen LogP contribution in [0.5, 0.6) is 0 Å². The molecule has 0 radical (unpaired) electrons. The van der Waals surface area contributed by atoms with Crippen LogP contribution in [0.15, 0.2) is 47.6 Å². The standard InChI is InChI=1S/C25H25F3N6O2S2/c26-25(27,28)20-8-7-18(37-20)21-14(2-1-10-29-21)13-31-15-3-5-16(6-4-15)32-23-30-11-9-17(33-23)12-19-22(35)34-24(36)38-19/h1-2,7-12,15-16,22,31,35H,3-6,13H2,(H,34,36)(H,30,32,33)/b19-12-/t15-,16-,22?. The molecule has 13 heteroatoms. The van der Waals surface area contributed by atoms with E-state index in [1.165, 1.54) is 6.07 Å². The van der Waals surface area contributed by atoms with E-state index < -0.39 is 17.3 Å². The number of hydrogen-bond donors (Lipinski definition) is 4. The minimum absolute atomic E-state index is 0.200. The average Bonchev–Trinajstić information content (AvgIpc) is 3.51. The predicted molar refractivity (Wildman–Crippen MR) is 141 cm³/mol. The monoisotopic (exact) mass is 562 g/mol. The van der Waals surface area contributed by atoms with E-state index >= 15 is 0 Å². The van der Waals surface area contributed by atoms with Crippen LogP contribution in [0.4, 0.5) is 23.9 Å². The maximum Gasteiger partial charge on any atom is 0.425 e. The van der Waals surface area contributed by atoms with Crippen molar-refractivity contribution in [2.24, 2.45) is 0 Å². The first-order valence-electron chi connectivity index (χ1n) is 12.1. The van der Waals surface area contributed by atoms with Gasteiger partial charge in [0.2, 0.25) is 5.95 Å². The van der Waals surface area contributed by atoms with E-state index in [-0.39, 0.29) is 17.3 Å². The van der Waals surface area contributed by atoms with Gasteiger partial charge in [0.05, 0.1) is 16.3 Å². The summed E-state index contributed by atoms with van der Waals surface area (Å²) in [6.45, 7) is 0.520. The van der Waals surface area contributed by atoms with Crippen LogP contribution in [0.25, 0.3) is 16.6 Å². The first-order chi connectivity index (χ1) is 18.2. The second kappa shape index (κ2) is 11.4. The molecule has 1 unspecified atom stereocenters. The van der Waals surface area contributed by atoms with Crippen molar-refractivity contribution in [3.05, 3.63) is 63.8 Å². The van der Waals surface area contributed by atoms with Gasteiger partial charge in [-0.05, 0) is 73.4 Å². The lowest BCUT2D eigenvalue weighted by molar-refractivity contribution is -0.134. The zero-order valence-electron chi connectivity index (χ0n) is 20.0. The van der Waals surface area contributed by atoms with E-state index in [2.05, 4.69) is 30.9 Å². The molecule has 1 aliphatic heterocycles. The smallest absolute Gasteiger partial charge is 0.369 e. The first-order valence-corrected chi connectivity index (χ1v) is 13.7. The molecule has 3 aromatic rings. The molecule has 1 saturated carbocycles. The number of carbonyl (C=O) groups is 1. The van der Waals surface area contributed by atoms with E-state index in [1.54, 1.807) is 30.6 Å². The van der Waals surface area contributed by atoms with Crippen LogP contribution in [-0.4, -0.2) is 43.6 Å². The number of pyridine rings is 1. The van der Waals surface area contributed by atoms with E-state index in [9.17, 15) is 23.1 Å². The molecule has 2 aliphatic rings. The van der Waals surface area contributed by atoms with Gasteiger partial charge in [0, 0.05) is 35.9 Å². The molecule has 3 aromatic heterocycles. The maximum atomic E-state index is 13.0. The molecule has 5 rings (SSSR count). The molecular weight excluding hydrogens is 537 g/mol. The predicted octanol–water partition coefficient (Wildman–Crippen LogP) is 5.25. The molecule has 1 atom stereocenters.